The molecule has 1 N–H and O–H groups in total. The van der Waals surface area contributed by atoms with Crippen molar-refractivity contribution in [2.75, 3.05) is 74.9 Å². The molecule has 0 bridgehead atoms. The maximum Gasteiger partial charge on any atom is 0.343 e. The molecule has 12 nitrogen and oxygen atoms in total. The zero-order chi connectivity index (χ0) is 27.0. The van der Waals surface area contributed by atoms with Crippen LogP contribution in [0.3, 0.4) is 0 Å². The monoisotopic (exact) mass is 533 g/mol. The highest BCUT2D eigenvalue weighted by atomic mass is 16.6. The molecule has 0 atom stereocenters. The highest BCUT2D eigenvalue weighted by molar-refractivity contribution is 5.91. The number of ether oxygens (including phenoxy) is 4. The normalized spacial score (nSPS) is 15.8. The maximum absolute atomic E-state index is 12.6. The second-order valence-corrected chi connectivity index (χ2v) is 9.00. The van der Waals surface area contributed by atoms with Crippen LogP contribution in [-0.4, -0.2) is 86.9 Å². The van der Waals surface area contributed by atoms with E-state index in [-0.39, 0.29) is 0 Å². The number of benzene rings is 2. The van der Waals surface area contributed by atoms with Gasteiger partial charge in [-0.25, -0.2) is 10.2 Å². The van der Waals surface area contributed by atoms with Crippen LogP contribution in [0.25, 0.3) is 0 Å². The Morgan fingerprint density at radius 2 is 1.59 bits per heavy atom. The molecular formula is C27H31N7O5. The smallest absolute Gasteiger partial charge is 0.343 e. The lowest BCUT2D eigenvalue weighted by Gasteiger charge is -2.30. The number of carbonyl (C=O) groups is 1. The van der Waals surface area contributed by atoms with Crippen molar-refractivity contribution in [2.45, 2.75) is 6.92 Å². The van der Waals surface area contributed by atoms with Crippen molar-refractivity contribution in [3.8, 4) is 11.5 Å². The van der Waals surface area contributed by atoms with Gasteiger partial charge in [-0.1, -0.05) is 17.7 Å². The molecule has 0 aliphatic carbocycles. The SMILES string of the molecule is COc1cc(/C=N/Nc2nc(N3CCOCC3)nc(N3CCOCC3)n2)ccc1OC(=O)c1cccc(C)c1. The van der Waals surface area contributed by atoms with E-state index in [0.29, 0.717) is 87.5 Å². The van der Waals surface area contributed by atoms with Gasteiger partial charge in [-0.2, -0.15) is 20.1 Å². The second-order valence-electron chi connectivity index (χ2n) is 9.00. The first kappa shape index (κ1) is 26.3. The van der Waals surface area contributed by atoms with Crippen molar-refractivity contribution in [2.24, 2.45) is 5.10 Å². The molecule has 0 spiro atoms. The second kappa shape index (κ2) is 12.5. The van der Waals surface area contributed by atoms with Crippen LogP contribution in [0.2, 0.25) is 0 Å². The number of morpholine rings is 2. The highest BCUT2D eigenvalue weighted by Crippen LogP contribution is 2.28. The predicted molar refractivity (Wildman–Crippen MR) is 146 cm³/mol. The summed E-state index contributed by atoms with van der Waals surface area (Å²) in [7, 11) is 1.52. The lowest BCUT2D eigenvalue weighted by Crippen LogP contribution is -2.40. The molecule has 2 aromatic carbocycles. The third kappa shape index (κ3) is 6.78. The minimum Gasteiger partial charge on any atom is -0.493 e. The average Bonchev–Trinajstić information content (AvgIpc) is 2.98. The zero-order valence-corrected chi connectivity index (χ0v) is 22.0. The van der Waals surface area contributed by atoms with Crippen LogP contribution >= 0.6 is 0 Å². The molecule has 2 fully saturated rings. The molecule has 0 radical (unpaired) electrons. The van der Waals surface area contributed by atoms with E-state index in [2.05, 4.69) is 30.3 Å². The molecule has 2 saturated heterocycles. The van der Waals surface area contributed by atoms with E-state index in [1.165, 1.54) is 7.11 Å². The largest absolute Gasteiger partial charge is 0.493 e. The van der Waals surface area contributed by atoms with Crippen molar-refractivity contribution in [3.05, 3.63) is 59.2 Å². The molecule has 2 aliphatic rings. The molecule has 12 heteroatoms. The Morgan fingerprint density at radius 3 is 2.21 bits per heavy atom. The van der Waals surface area contributed by atoms with Crippen LogP contribution < -0.4 is 24.7 Å². The van der Waals surface area contributed by atoms with Gasteiger partial charge in [0.05, 0.1) is 45.3 Å². The van der Waals surface area contributed by atoms with E-state index in [9.17, 15) is 4.79 Å². The van der Waals surface area contributed by atoms with Crippen LogP contribution in [-0.2, 0) is 9.47 Å². The summed E-state index contributed by atoms with van der Waals surface area (Å²) in [4.78, 5) is 30.6. The van der Waals surface area contributed by atoms with Crippen LogP contribution in [0, 0.1) is 6.92 Å². The summed E-state index contributed by atoms with van der Waals surface area (Å²) in [6.45, 7) is 7.23. The van der Waals surface area contributed by atoms with Crippen LogP contribution in [0.5, 0.6) is 11.5 Å². The Hall–Kier alpha value is -4.29. The third-order valence-electron chi connectivity index (χ3n) is 6.22. The van der Waals surface area contributed by atoms with Gasteiger partial charge in [0.15, 0.2) is 11.5 Å². The van der Waals surface area contributed by atoms with Crippen molar-refractivity contribution < 1.29 is 23.7 Å². The van der Waals surface area contributed by atoms with Gasteiger partial charge in [0.25, 0.3) is 0 Å². The quantitative estimate of drug-likeness (QED) is 0.199. The standard InChI is InChI=1S/C27H31N7O5/c1-19-4-3-5-21(16-19)24(35)39-22-7-6-20(17-23(22)36-2)18-28-32-25-29-26(33-8-12-37-13-9-33)31-27(30-25)34-10-14-38-15-11-34/h3-7,16-18H,8-15H2,1-2H3,(H,29,30,31,32)/b28-18+. The van der Waals surface area contributed by atoms with E-state index in [4.69, 9.17) is 23.9 Å². The minimum atomic E-state index is -0.456. The number of nitrogens with one attached hydrogen (secondary N) is 1. The molecule has 0 amide bonds. The van der Waals surface area contributed by atoms with E-state index in [1.807, 2.05) is 19.1 Å². The summed E-state index contributed by atoms with van der Waals surface area (Å²) in [5.74, 6) is 1.76. The summed E-state index contributed by atoms with van der Waals surface area (Å²) < 4.78 is 22.0. The van der Waals surface area contributed by atoms with Gasteiger partial charge in [-0.05, 0) is 42.8 Å². The molecule has 1 aromatic heterocycles. The fraction of sp³-hybridized carbons (Fsp3) is 0.370. The first-order valence-corrected chi connectivity index (χ1v) is 12.8. The van der Waals surface area contributed by atoms with E-state index in [1.54, 1.807) is 36.5 Å². The van der Waals surface area contributed by atoms with E-state index < -0.39 is 5.97 Å². The van der Waals surface area contributed by atoms with Gasteiger partial charge >= 0.3 is 5.97 Å². The zero-order valence-electron chi connectivity index (χ0n) is 22.0. The highest BCUT2D eigenvalue weighted by Gasteiger charge is 2.20. The molecule has 3 aromatic rings. The van der Waals surface area contributed by atoms with E-state index >= 15 is 0 Å². The van der Waals surface area contributed by atoms with Gasteiger partial charge in [0, 0.05) is 26.2 Å². The van der Waals surface area contributed by atoms with Gasteiger partial charge in [-0.3, -0.25) is 0 Å². The fourth-order valence-electron chi connectivity index (χ4n) is 4.16. The summed E-state index contributed by atoms with van der Waals surface area (Å²) >= 11 is 0. The number of hydrogen-bond donors (Lipinski definition) is 1. The molecule has 39 heavy (non-hydrogen) atoms. The minimum absolute atomic E-state index is 0.317. The number of esters is 1. The van der Waals surface area contributed by atoms with Crippen molar-refractivity contribution in [1.82, 2.24) is 15.0 Å². The maximum atomic E-state index is 12.6. The number of aromatic nitrogens is 3. The lowest BCUT2D eigenvalue weighted by atomic mass is 10.1. The Kier molecular flexibility index (Phi) is 8.44. The Balaban J connectivity index is 1.30. The lowest BCUT2D eigenvalue weighted by molar-refractivity contribution is 0.0729. The van der Waals surface area contributed by atoms with Crippen LogP contribution in [0.1, 0.15) is 21.5 Å². The van der Waals surface area contributed by atoms with Crippen LogP contribution in [0.4, 0.5) is 17.8 Å². The first-order valence-electron chi connectivity index (χ1n) is 12.8. The van der Waals surface area contributed by atoms with Gasteiger partial charge in [0.2, 0.25) is 17.8 Å². The molecule has 5 rings (SSSR count). The predicted octanol–water partition coefficient (Wildman–Crippen LogP) is 2.53. The molecule has 0 saturated carbocycles. The molecule has 2 aliphatic heterocycles. The van der Waals surface area contributed by atoms with E-state index in [0.717, 1.165) is 11.1 Å². The summed E-state index contributed by atoms with van der Waals surface area (Å²) in [6.07, 6.45) is 1.61. The van der Waals surface area contributed by atoms with Gasteiger partial charge in [-0.15, -0.1) is 0 Å². The first-order chi connectivity index (χ1) is 19.1. The third-order valence-corrected chi connectivity index (χ3v) is 6.22. The molecule has 204 valence electrons. The number of aryl methyl sites for hydroxylation is 1. The van der Waals surface area contributed by atoms with Gasteiger partial charge in [0.1, 0.15) is 0 Å². The Morgan fingerprint density at radius 1 is 0.923 bits per heavy atom. The van der Waals surface area contributed by atoms with Crippen molar-refractivity contribution in [1.29, 1.82) is 0 Å². The fourth-order valence-corrected chi connectivity index (χ4v) is 4.16. The average molecular weight is 534 g/mol. The number of rotatable bonds is 8. The Bertz CT molecular complexity index is 1290. The number of hydrazone groups is 1. The topological polar surface area (TPSA) is 124 Å². The van der Waals surface area contributed by atoms with Crippen LogP contribution in [0.15, 0.2) is 47.6 Å². The summed E-state index contributed by atoms with van der Waals surface area (Å²) in [5, 5.41) is 4.33. The Labute approximate surface area is 226 Å². The van der Waals surface area contributed by atoms with Crippen molar-refractivity contribution in [3.63, 3.8) is 0 Å². The number of anilines is 3. The molecule has 0 unspecified atom stereocenters. The number of carbonyl (C=O) groups excluding carboxylic acids is 1. The summed E-state index contributed by atoms with van der Waals surface area (Å²) in [6, 6.07) is 12.4. The summed E-state index contributed by atoms with van der Waals surface area (Å²) in [5.41, 5.74) is 5.10. The number of nitrogens with zero attached hydrogens (tertiary/aromatic N) is 6. The molecular weight excluding hydrogens is 502 g/mol. The van der Waals surface area contributed by atoms with Crippen molar-refractivity contribution >= 4 is 30.0 Å². The number of methoxy groups -OCH3 is 1. The number of hydrogen-bond acceptors (Lipinski definition) is 12. The molecule has 3 heterocycles. The van der Waals surface area contributed by atoms with Gasteiger partial charge < -0.3 is 28.7 Å².